The third-order valence-electron chi connectivity index (χ3n) is 3.09. The van der Waals surface area contributed by atoms with Gasteiger partial charge in [0.15, 0.2) is 11.6 Å². The van der Waals surface area contributed by atoms with Crippen molar-refractivity contribution < 1.29 is 13.6 Å². The molecule has 0 saturated heterocycles. The zero-order valence-corrected chi connectivity index (χ0v) is 11.6. The molecule has 5 heteroatoms. The SMILES string of the molecule is CNC(=O)c1ccc(CNCc2ccc(F)c(F)c2)cc1. The van der Waals surface area contributed by atoms with E-state index in [0.717, 1.165) is 11.6 Å². The fourth-order valence-corrected chi connectivity index (χ4v) is 1.92. The average molecular weight is 290 g/mol. The van der Waals surface area contributed by atoms with Crippen LogP contribution in [0, 0.1) is 11.6 Å². The highest BCUT2D eigenvalue weighted by molar-refractivity contribution is 5.93. The minimum absolute atomic E-state index is 0.128. The lowest BCUT2D eigenvalue weighted by atomic mass is 10.1. The lowest BCUT2D eigenvalue weighted by Gasteiger charge is -2.06. The molecular weight excluding hydrogens is 274 g/mol. The zero-order valence-electron chi connectivity index (χ0n) is 11.6. The largest absolute Gasteiger partial charge is 0.355 e. The molecule has 0 aliphatic rings. The zero-order chi connectivity index (χ0) is 15.2. The molecule has 2 aromatic rings. The summed E-state index contributed by atoms with van der Waals surface area (Å²) >= 11 is 0. The summed E-state index contributed by atoms with van der Waals surface area (Å²) in [5.41, 5.74) is 2.28. The molecule has 0 unspecified atom stereocenters. The molecule has 0 atom stereocenters. The standard InChI is InChI=1S/C16H16F2N2O/c1-19-16(21)13-5-2-11(3-6-13)9-20-10-12-4-7-14(17)15(18)8-12/h2-8,20H,9-10H2,1H3,(H,19,21). The van der Waals surface area contributed by atoms with E-state index >= 15 is 0 Å². The van der Waals surface area contributed by atoms with Crippen LogP contribution in [0.15, 0.2) is 42.5 Å². The van der Waals surface area contributed by atoms with E-state index in [2.05, 4.69) is 10.6 Å². The van der Waals surface area contributed by atoms with Gasteiger partial charge < -0.3 is 10.6 Å². The second-order valence-electron chi connectivity index (χ2n) is 4.63. The summed E-state index contributed by atoms with van der Waals surface area (Å²) in [4.78, 5) is 11.4. The molecule has 21 heavy (non-hydrogen) atoms. The topological polar surface area (TPSA) is 41.1 Å². The summed E-state index contributed by atoms with van der Waals surface area (Å²) in [5, 5.41) is 5.69. The molecular formula is C16H16F2N2O. The highest BCUT2D eigenvalue weighted by Gasteiger charge is 2.03. The summed E-state index contributed by atoms with van der Waals surface area (Å²) in [5.74, 6) is -1.82. The summed E-state index contributed by atoms with van der Waals surface area (Å²) in [6, 6.07) is 11.0. The Labute approximate surface area is 122 Å². The summed E-state index contributed by atoms with van der Waals surface area (Å²) < 4.78 is 25.8. The van der Waals surface area contributed by atoms with E-state index in [9.17, 15) is 13.6 Å². The van der Waals surface area contributed by atoms with Crippen LogP contribution in [0.1, 0.15) is 21.5 Å². The minimum Gasteiger partial charge on any atom is -0.355 e. The van der Waals surface area contributed by atoms with Gasteiger partial charge in [-0.05, 0) is 35.4 Å². The van der Waals surface area contributed by atoms with Gasteiger partial charge >= 0.3 is 0 Å². The van der Waals surface area contributed by atoms with Gasteiger partial charge in [0.25, 0.3) is 5.91 Å². The molecule has 0 radical (unpaired) electrons. The van der Waals surface area contributed by atoms with Crippen molar-refractivity contribution >= 4 is 5.91 Å². The number of halogens is 2. The summed E-state index contributed by atoms with van der Waals surface area (Å²) in [6.45, 7) is 1.02. The van der Waals surface area contributed by atoms with Crippen LogP contribution in [0.4, 0.5) is 8.78 Å². The summed E-state index contributed by atoms with van der Waals surface area (Å²) in [7, 11) is 1.58. The fraction of sp³-hybridized carbons (Fsp3) is 0.188. The van der Waals surface area contributed by atoms with E-state index in [-0.39, 0.29) is 5.91 Å². The molecule has 0 spiro atoms. The number of amides is 1. The highest BCUT2D eigenvalue weighted by atomic mass is 19.2. The number of nitrogens with one attached hydrogen (secondary N) is 2. The first-order chi connectivity index (χ1) is 10.1. The monoisotopic (exact) mass is 290 g/mol. The lowest BCUT2D eigenvalue weighted by Crippen LogP contribution is -2.18. The molecule has 0 aromatic heterocycles. The number of carbonyl (C=O) groups is 1. The Kier molecular flexibility index (Phi) is 5.00. The van der Waals surface area contributed by atoms with Gasteiger partial charge in [0.05, 0.1) is 0 Å². The Morgan fingerprint density at radius 3 is 2.19 bits per heavy atom. The molecule has 3 nitrogen and oxygen atoms in total. The molecule has 2 N–H and O–H groups in total. The van der Waals surface area contributed by atoms with E-state index in [1.165, 1.54) is 6.07 Å². The van der Waals surface area contributed by atoms with Gasteiger partial charge in [0.2, 0.25) is 0 Å². The van der Waals surface area contributed by atoms with Gasteiger partial charge in [-0.15, -0.1) is 0 Å². The first-order valence-electron chi connectivity index (χ1n) is 6.56. The first-order valence-corrected chi connectivity index (χ1v) is 6.56. The molecule has 1 amide bonds. The predicted octanol–water partition coefficient (Wildman–Crippen LogP) is 2.61. The van der Waals surface area contributed by atoms with Gasteiger partial charge in [0, 0.05) is 25.7 Å². The van der Waals surface area contributed by atoms with Crippen molar-refractivity contribution in [3.63, 3.8) is 0 Å². The van der Waals surface area contributed by atoms with Crippen molar-refractivity contribution in [3.8, 4) is 0 Å². The van der Waals surface area contributed by atoms with Crippen LogP contribution in [0.2, 0.25) is 0 Å². The van der Waals surface area contributed by atoms with Crippen LogP contribution in [0.25, 0.3) is 0 Å². The van der Waals surface area contributed by atoms with E-state index in [1.54, 1.807) is 25.2 Å². The minimum atomic E-state index is -0.844. The first kappa shape index (κ1) is 15.1. The van der Waals surface area contributed by atoms with Gasteiger partial charge in [-0.1, -0.05) is 18.2 Å². The molecule has 0 aliphatic carbocycles. The summed E-state index contributed by atoms with van der Waals surface area (Å²) in [6.07, 6.45) is 0. The molecule has 0 aliphatic heterocycles. The second-order valence-corrected chi connectivity index (χ2v) is 4.63. The molecule has 2 aromatic carbocycles. The maximum absolute atomic E-state index is 13.0. The van der Waals surface area contributed by atoms with Crippen LogP contribution in [-0.4, -0.2) is 13.0 Å². The van der Waals surface area contributed by atoms with Crippen molar-refractivity contribution in [1.29, 1.82) is 0 Å². The van der Waals surface area contributed by atoms with Crippen LogP contribution < -0.4 is 10.6 Å². The molecule has 0 saturated carbocycles. The molecule has 0 bridgehead atoms. The van der Waals surface area contributed by atoms with Crippen LogP contribution in [0.3, 0.4) is 0 Å². The lowest BCUT2D eigenvalue weighted by molar-refractivity contribution is 0.0963. The number of hydrogen-bond donors (Lipinski definition) is 2. The maximum Gasteiger partial charge on any atom is 0.251 e. The Morgan fingerprint density at radius 2 is 1.57 bits per heavy atom. The number of hydrogen-bond acceptors (Lipinski definition) is 2. The quantitative estimate of drug-likeness (QED) is 0.888. The van der Waals surface area contributed by atoms with Crippen LogP contribution >= 0.6 is 0 Å². The molecule has 0 fully saturated rings. The van der Waals surface area contributed by atoms with E-state index in [4.69, 9.17) is 0 Å². The van der Waals surface area contributed by atoms with E-state index < -0.39 is 11.6 Å². The van der Waals surface area contributed by atoms with E-state index in [1.807, 2.05) is 12.1 Å². The van der Waals surface area contributed by atoms with Crippen molar-refractivity contribution in [2.45, 2.75) is 13.1 Å². The third kappa shape index (κ3) is 4.10. The maximum atomic E-state index is 13.0. The average Bonchev–Trinajstić information content (AvgIpc) is 2.51. The second kappa shape index (κ2) is 6.95. The smallest absolute Gasteiger partial charge is 0.251 e. The number of benzene rings is 2. The third-order valence-corrected chi connectivity index (χ3v) is 3.09. The molecule has 110 valence electrons. The van der Waals surface area contributed by atoms with Gasteiger partial charge in [-0.3, -0.25) is 4.79 Å². The number of rotatable bonds is 5. The van der Waals surface area contributed by atoms with Crippen molar-refractivity contribution in [1.82, 2.24) is 10.6 Å². The molecule has 2 rings (SSSR count). The van der Waals surface area contributed by atoms with Crippen molar-refractivity contribution in [3.05, 3.63) is 70.8 Å². The van der Waals surface area contributed by atoms with Crippen LogP contribution in [-0.2, 0) is 13.1 Å². The van der Waals surface area contributed by atoms with Crippen LogP contribution in [0.5, 0.6) is 0 Å². The Bertz CT molecular complexity index is 627. The van der Waals surface area contributed by atoms with E-state index in [0.29, 0.717) is 24.2 Å². The van der Waals surface area contributed by atoms with Gasteiger partial charge in [-0.25, -0.2) is 8.78 Å². The Balaban J connectivity index is 1.88. The normalized spacial score (nSPS) is 10.4. The van der Waals surface area contributed by atoms with Gasteiger partial charge in [-0.2, -0.15) is 0 Å². The number of carbonyl (C=O) groups excluding carboxylic acids is 1. The Morgan fingerprint density at radius 1 is 0.952 bits per heavy atom. The van der Waals surface area contributed by atoms with Crippen molar-refractivity contribution in [2.24, 2.45) is 0 Å². The molecule has 0 heterocycles. The Hall–Kier alpha value is -2.27. The predicted molar refractivity (Wildman–Crippen MR) is 76.7 cm³/mol. The highest BCUT2D eigenvalue weighted by Crippen LogP contribution is 2.09. The van der Waals surface area contributed by atoms with Crippen molar-refractivity contribution in [2.75, 3.05) is 7.05 Å². The van der Waals surface area contributed by atoms with Gasteiger partial charge in [0.1, 0.15) is 0 Å². The fourth-order valence-electron chi connectivity index (χ4n) is 1.92.